The van der Waals surface area contributed by atoms with Crippen LogP contribution < -0.4 is 0 Å². The Labute approximate surface area is 139 Å². The SMILES string of the molecule is O=C(O)C1CC(=O)N(C(CN2CCOCC2)c2ccc(F)cc2)C1. The van der Waals surface area contributed by atoms with Crippen LogP contribution in [0.5, 0.6) is 0 Å². The van der Waals surface area contributed by atoms with Gasteiger partial charge in [-0.15, -0.1) is 0 Å². The van der Waals surface area contributed by atoms with Gasteiger partial charge in [0, 0.05) is 32.6 Å². The van der Waals surface area contributed by atoms with Gasteiger partial charge in [-0.25, -0.2) is 4.39 Å². The molecule has 0 aromatic heterocycles. The Kier molecular flexibility index (Phi) is 5.11. The van der Waals surface area contributed by atoms with Gasteiger partial charge in [-0.1, -0.05) is 12.1 Å². The number of rotatable bonds is 5. The van der Waals surface area contributed by atoms with Crippen molar-refractivity contribution in [2.45, 2.75) is 12.5 Å². The van der Waals surface area contributed by atoms with Crippen molar-refractivity contribution in [3.8, 4) is 0 Å². The molecule has 2 atom stereocenters. The maximum atomic E-state index is 13.2. The highest BCUT2D eigenvalue weighted by molar-refractivity contribution is 5.86. The molecule has 2 aliphatic rings. The van der Waals surface area contributed by atoms with Crippen molar-refractivity contribution in [1.29, 1.82) is 0 Å². The molecule has 1 aromatic carbocycles. The van der Waals surface area contributed by atoms with Crippen molar-refractivity contribution in [3.63, 3.8) is 0 Å². The number of aliphatic carboxylic acids is 1. The molecule has 2 saturated heterocycles. The highest BCUT2D eigenvalue weighted by Crippen LogP contribution is 2.30. The van der Waals surface area contributed by atoms with E-state index in [1.54, 1.807) is 17.0 Å². The minimum atomic E-state index is -0.949. The molecule has 130 valence electrons. The highest BCUT2D eigenvalue weighted by atomic mass is 19.1. The van der Waals surface area contributed by atoms with E-state index in [0.29, 0.717) is 19.8 Å². The second-order valence-electron chi connectivity index (χ2n) is 6.27. The summed E-state index contributed by atoms with van der Waals surface area (Å²) in [6.45, 7) is 3.60. The van der Waals surface area contributed by atoms with Crippen LogP contribution in [0.3, 0.4) is 0 Å². The van der Waals surface area contributed by atoms with Crippen LogP contribution in [0, 0.1) is 11.7 Å². The molecule has 0 bridgehead atoms. The number of hydrogen-bond donors (Lipinski definition) is 1. The van der Waals surface area contributed by atoms with Crippen LogP contribution in [-0.4, -0.2) is 66.2 Å². The number of benzene rings is 1. The van der Waals surface area contributed by atoms with Gasteiger partial charge in [0.1, 0.15) is 5.82 Å². The molecular formula is C17H21FN2O4. The van der Waals surface area contributed by atoms with E-state index in [9.17, 15) is 19.1 Å². The topological polar surface area (TPSA) is 70.1 Å². The van der Waals surface area contributed by atoms with E-state index in [2.05, 4.69) is 4.90 Å². The fourth-order valence-corrected chi connectivity index (χ4v) is 3.30. The summed E-state index contributed by atoms with van der Waals surface area (Å²) in [6, 6.07) is 5.80. The number of nitrogens with zero attached hydrogens (tertiary/aromatic N) is 2. The molecule has 0 spiro atoms. The van der Waals surface area contributed by atoms with Crippen LogP contribution in [0.4, 0.5) is 4.39 Å². The van der Waals surface area contributed by atoms with E-state index in [4.69, 9.17) is 4.74 Å². The molecule has 7 heteroatoms. The number of carboxylic acid groups (broad SMARTS) is 1. The normalized spacial score (nSPS) is 23.5. The van der Waals surface area contributed by atoms with Gasteiger partial charge in [-0.05, 0) is 17.7 Å². The fourth-order valence-electron chi connectivity index (χ4n) is 3.30. The van der Waals surface area contributed by atoms with Crippen LogP contribution in [0.2, 0.25) is 0 Å². The molecule has 1 aromatic rings. The van der Waals surface area contributed by atoms with Crippen molar-refractivity contribution in [3.05, 3.63) is 35.6 Å². The molecule has 2 unspecified atom stereocenters. The second kappa shape index (κ2) is 7.27. The van der Waals surface area contributed by atoms with Gasteiger partial charge in [0.15, 0.2) is 0 Å². The molecule has 6 nitrogen and oxygen atoms in total. The Morgan fingerprint density at radius 2 is 1.96 bits per heavy atom. The van der Waals surface area contributed by atoms with E-state index in [0.717, 1.165) is 18.7 Å². The number of carbonyl (C=O) groups is 2. The number of hydrogen-bond acceptors (Lipinski definition) is 4. The van der Waals surface area contributed by atoms with Gasteiger partial charge in [-0.2, -0.15) is 0 Å². The lowest BCUT2D eigenvalue weighted by atomic mass is 10.0. The zero-order chi connectivity index (χ0) is 17.1. The van der Waals surface area contributed by atoms with Crippen LogP contribution in [0.25, 0.3) is 0 Å². The van der Waals surface area contributed by atoms with Crippen LogP contribution >= 0.6 is 0 Å². The van der Waals surface area contributed by atoms with Gasteiger partial charge in [0.05, 0.1) is 25.2 Å². The number of carbonyl (C=O) groups excluding carboxylic acids is 1. The maximum Gasteiger partial charge on any atom is 0.308 e. The fraction of sp³-hybridized carbons (Fsp3) is 0.529. The number of ether oxygens (including phenoxy) is 1. The van der Waals surface area contributed by atoms with Crippen molar-refractivity contribution < 1.29 is 23.8 Å². The predicted molar refractivity (Wildman–Crippen MR) is 83.9 cm³/mol. The second-order valence-corrected chi connectivity index (χ2v) is 6.27. The average Bonchev–Trinajstić information content (AvgIpc) is 2.96. The van der Waals surface area contributed by atoms with Crippen LogP contribution in [0.1, 0.15) is 18.0 Å². The van der Waals surface area contributed by atoms with Crippen molar-refractivity contribution in [2.24, 2.45) is 5.92 Å². The van der Waals surface area contributed by atoms with Crippen LogP contribution in [-0.2, 0) is 14.3 Å². The first-order chi connectivity index (χ1) is 11.5. The van der Waals surface area contributed by atoms with Crippen molar-refractivity contribution >= 4 is 11.9 Å². The third-order valence-corrected chi connectivity index (χ3v) is 4.67. The standard InChI is InChI=1S/C17H21FN2O4/c18-14-3-1-12(2-4-14)15(11-19-5-7-24-8-6-19)20-10-13(17(22)23)9-16(20)21/h1-4,13,15H,5-11H2,(H,22,23). The molecule has 2 heterocycles. The van der Waals surface area contributed by atoms with Gasteiger partial charge < -0.3 is 14.7 Å². The summed E-state index contributed by atoms with van der Waals surface area (Å²) in [4.78, 5) is 27.4. The Morgan fingerprint density at radius 3 is 2.54 bits per heavy atom. The Bertz CT molecular complexity index is 601. The summed E-state index contributed by atoms with van der Waals surface area (Å²) in [6.07, 6.45) is 0.0239. The number of halogens is 1. The lowest BCUT2D eigenvalue weighted by molar-refractivity contribution is -0.141. The van der Waals surface area contributed by atoms with Gasteiger partial charge >= 0.3 is 5.97 Å². The summed E-state index contributed by atoms with van der Waals surface area (Å²) in [5.74, 6) is -2.12. The number of morpholine rings is 1. The minimum Gasteiger partial charge on any atom is -0.481 e. The molecule has 0 saturated carbocycles. The lowest BCUT2D eigenvalue weighted by Gasteiger charge is -2.35. The summed E-state index contributed by atoms with van der Waals surface area (Å²) >= 11 is 0. The quantitative estimate of drug-likeness (QED) is 0.873. The van der Waals surface area contributed by atoms with Gasteiger partial charge in [0.25, 0.3) is 0 Å². The maximum absolute atomic E-state index is 13.2. The highest BCUT2D eigenvalue weighted by Gasteiger charge is 2.39. The molecule has 24 heavy (non-hydrogen) atoms. The monoisotopic (exact) mass is 336 g/mol. The number of amides is 1. The molecule has 1 amide bonds. The third-order valence-electron chi connectivity index (χ3n) is 4.67. The van der Waals surface area contributed by atoms with Gasteiger partial charge in [-0.3, -0.25) is 14.5 Å². The van der Waals surface area contributed by atoms with E-state index in [1.165, 1.54) is 12.1 Å². The first kappa shape index (κ1) is 16.9. The van der Waals surface area contributed by atoms with Crippen molar-refractivity contribution in [2.75, 3.05) is 39.4 Å². The third kappa shape index (κ3) is 3.73. The van der Waals surface area contributed by atoms with E-state index < -0.39 is 11.9 Å². The van der Waals surface area contributed by atoms with Crippen molar-refractivity contribution in [1.82, 2.24) is 9.80 Å². The Hall–Kier alpha value is -1.99. The van der Waals surface area contributed by atoms with E-state index in [-0.39, 0.29) is 30.7 Å². The number of likely N-dealkylation sites (tertiary alicyclic amines) is 1. The molecule has 0 radical (unpaired) electrons. The largest absolute Gasteiger partial charge is 0.481 e. The minimum absolute atomic E-state index is 0.0239. The molecule has 3 rings (SSSR count). The van der Waals surface area contributed by atoms with Gasteiger partial charge in [0.2, 0.25) is 5.91 Å². The first-order valence-corrected chi connectivity index (χ1v) is 8.12. The smallest absolute Gasteiger partial charge is 0.308 e. The summed E-state index contributed by atoms with van der Waals surface area (Å²) in [5.41, 5.74) is 0.822. The van der Waals surface area contributed by atoms with Crippen LogP contribution in [0.15, 0.2) is 24.3 Å². The Morgan fingerprint density at radius 1 is 1.29 bits per heavy atom. The zero-order valence-corrected chi connectivity index (χ0v) is 13.4. The van der Waals surface area contributed by atoms with E-state index in [1.807, 2.05) is 0 Å². The summed E-state index contributed by atoms with van der Waals surface area (Å²) in [5, 5.41) is 9.20. The van der Waals surface area contributed by atoms with E-state index >= 15 is 0 Å². The number of carboxylic acids is 1. The first-order valence-electron chi connectivity index (χ1n) is 8.12. The Balaban J connectivity index is 1.82. The molecule has 0 aliphatic carbocycles. The summed E-state index contributed by atoms with van der Waals surface area (Å²) < 4.78 is 18.6. The molecular weight excluding hydrogens is 315 g/mol. The average molecular weight is 336 g/mol. The molecule has 2 aliphatic heterocycles. The predicted octanol–water partition coefficient (Wildman–Crippen LogP) is 1.13. The molecule has 2 fully saturated rings. The molecule has 1 N–H and O–H groups in total. The lowest BCUT2D eigenvalue weighted by Crippen LogP contribution is -2.43. The summed E-state index contributed by atoms with van der Waals surface area (Å²) in [7, 11) is 0. The zero-order valence-electron chi connectivity index (χ0n) is 13.4.